The van der Waals surface area contributed by atoms with Crippen molar-refractivity contribution < 1.29 is 23.1 Å². The number of fused-ring (bicyclic) bond motifs is 1. The molecule has 2 aromatic rings. The summed E-state index contributed by atoms with van der Waals surface area (Å²) in [5.41, 5.74) is 1.91. The molecule has 0 unspecified atom stereocenters. The van der Waals surface area contributed by atoms with Crippen molar-refractivity contribution in [2.24, 2.45) is 0 Å². The molecule has 0 heterocycles. The van der Waals surface area contributed by atoms with Crippen molar-refractivity contribution in [3.05, 3.63) is 69.7 Å². The lowest BCUT2D eigenvalue weighted by molar-refractivity contribution is -0.130. The van der Waals surface area contributed by atoms with Gasteiger partial charge in [-0.15, -0.1) is 0 Å². The van der Waals surface area contributed by atoms with E-state index < -0.39 is 29.6 Å². The first-order valence-electron chi connectivity index (χ1n) is 8.60. The number of halogens is 3. The molecule has 0 fully saturated rings. The number of amides is 1. The second-order valence-electron chi connectivity index (χ2n) is 6.45. The van der Waals surface area contributed by atoms with Crippen molar-refractivity contribution >= 4 is 23.5 Å². The number of carbonyl (C=O) groups is 2. The summed E-state index contributed by atoms with van der Waals surface area (Å²) in [4.78, 5) is 24.6. The van der Waals surface area contributed by atoms with Crippen LogP contribution in [0.2, 0.25) is 5.02 Å². The number of aryl methyl sites for hydroxylation is 1. The van der Waals surface area contributed by atoms with E-state index in [9.17, 15) is 18.4 Å². The quantitative estimate of drug-likeness (QED) is 0.620. The molecule has 7 heteroatoms. The third-order valence-electron chi connectivity index (χ3n) is 4.57. The van der Waals surface area contributed by atoms with Gasteiger partial charge in [0.1, 0.15) is 0 Å². The summed E-state index contributed by atoms with van der Waals surface area (Å²) >= 11 is 5.76. The van der Waals surface area contributed by atoms with Crippen LogP contribution in [0.1, 0.15) is 47.3 Å². The highest BCUT2D eigenvalue weighted by Gasteiger charge is 2.26. The van der Waals surface area contributed by atoms with Crippen LogP contribution in [0.4, 0.5) is 8.78 Å². The number of ether oxygens (including phenoxy) is 1. The van der Waals surface area contributed by atoms with E-state index in [0.29, 0.717) is 12.1 Å². The Morgan fingerprint density at radius 2 is 1.93 bits per heavy atom. The van der Waals surface area contributed by atoms with Crippen molar-refractivity contribution in [2.75, 3.05) is 0 Å². The number of hydrogen-bond acceptors (Lipinski definition) is 3. The molecule has 1 aliphatic carbocycles. The molecule has 2 atom stereocenters. The van der Waals surface area contributed by atoms with E-state index in [1.165, 1.54) is 12.5 Å². The van der Waals surface area contributed by atoms with Crippen molar-refractivity contribution in [3.63, 3.8) is 0 Å². The molecule has 27 heavy (non-hydrogen) atoms. The second-order valence-corrected chi connectivity index (χ2v) is 6.85. The van der Waals surface area contributed by atoms with E-state index >= 15 is 0 Å². The molecule has 0 spiro atoms. The summed E-state index contributed by atoms with van der Waals surface area (Å²) in [5.74, 6) is -3.85. The Morgan fingerprint density at radius 1 is 1.22 bits per heavy atom. The second kappa shape index (κ2) is 8.05. The standard InChI is InChI=1S/C20H18ClF2NO3/c1-11(27-20(26)14-9-16(22)17(23)10-15(14)21)19(25)24-18-8-4-6-12-5-2-3-7-13(12)18/h2-3,5,7,9-11,18H,4,6,8H2,1H3,(H,24,25)/t11-,18+/m0/s1. The summed E-state index contributed by atoms with van der Waals surface area (Å²) in [6.07, 6.45) is 1.58. The van der Waals surface area contributed by atoms with Crippen LogP contribution in [0.15, 0.2) is 36.4 Å². The van der Waals surface area contributed by atoms with Crippen LogP contribution in [-0.2, 0) is 16.0 Å². The molecule has 1 amide bonds. The molecule has 3 rings (SSSR count). The van der Waals surface area contributed by atoms with Gasteiger partial charge in [0.05, 0.1) is 16.6 Å². The zero-order chi connectivity index (χ0) is 19.6. The molecule has 4 nitrogen and oxygen atoms in total. The van der Waals surface area contributed by atoms with E-state index in [-0.39, 0.29) is 16.6 Å². The number of carbonyl (C=O) groups excluding carboxylic acids is 2. The monoisotopic (exact) mass is 393 g/mol. The fraction of sp³-hybridized carbons (Fsp3) is 0.300. The molecule has 0 aliphatic heterocycles. The highest BCUT2D eigenvalue weighted by Crippen LogP contribution is 2.29. The van der Waals surface area contributed by atoms with Crippen molar-refractivity contribution in [2.45, 2.75) is 38.3 Å². The van der Waals surface area contributed by atoms with Gasteiger partial charge in [0.15, 0.2) is 17.7 Å². The zero-order valence-corrected chi connectivity index (χ0v) is 15.4. The Labute approximate surface area is 160 Å². The first-order valence-corrected chi connectivity index (χ1v) is 8.98. The average Bonchev–Trinajstić information content (AvgIpc) is 2.64. The summed E-state index contributed by atoms with van der Waals surface area (Å²) in [6.45, 7) is 1.41. The van der Waals surface area contributed by atoms with Crippen LogP contribution in [0.25, 0.3) is 0 Å². The first kappa shape index (κ1) is 19.3. The van der Waals surface area contributed by atoms with E-state index in [2.05, 4.69) is 5.32 Å². The minimum absolute atomic E-state index is 0.157. The Kier molecular flexibility index (Phi) is 5.75. The molecular formula is C20H18ClF2NO3. The Hall–Kier alpha value is -2.47. The maximum atomic E-state index is 13.3. The summed E-state index contributed by atoms with van der Waals surface area (Å²) in [6, 6.07) is 9.06. The minimum Gasteiger partial charge on any atom is -0.449 e. The van der Waals surface area contributed by atoms with Gasteiger partial charge in [-0.25, -0.2) is 13.6 Å². The fourth-order valence-corrected chi connectivity index (χ4v) is 3.38. The number of benzene rings is 2. The molecule has 142 valence electrons. The topological polar surface area (TPSA) is 55.4 Å². The largest absolute Gasteiger partial charge is 0.449 e. The minimum atomic E-state index is -1.22. The van der Waals surface area contributed by atoms with E-state index in [4.69, 9.17) is 16.3 Å². The SMILES string of the molecule is C[C@H](OC(=O)c1cc(F)c(F)cc1Cl)C(=O)N[C@@H]1CCCc2ccccc21. The van der Waals surface area contributed by atoms with Gasteiger partial charge in [-0.1, -0.05) is 35.9 Å². The number of esters is 1. The van der Waals surface area contributed by atoms with Gasteiger partial charge in [0.2, 0.25) is 0 Å². The summed E-state index contributed by atoms with van der Waals surface area (Å²) in [5, 5.41) is 2.60. The van der Waals surface area contributed by atoms with Crippen LogP contribution < -0.4 is 5.32 Å². The Balaban J connectivity index is 1.67. The molecule has 0 aromatic heterocycles. The lowest BCUT2D eigenvalue weighted by atomic mass is 9.87. The van der Waals surface area contributed by atoms with Gasteiger partial charge in [0.25, 0.3) is 5.91 Å². The number of rotatable bonds is 4. The van der Waals surface area contributed by atoms with Gasteiger partial charge >= 0.3 is 5.97 Å². The molecule has 0 radical (unpaired) electrons. The molecule has 2 aromatic carbocycles. The highest BCUT2D eigenvalue weighted by atomic mass is 35.5. The van der Waals surface area contributed by atoms with E-state index in [1.807, 2.05) is 24.3 Å². The van der Waals surface area contributed by atoms with Crippen molar-refractivity contribution in [3.8, 4) is 0 Å². The van der Waals surface area contributed by atoms with Crippen molar-refractivity contribution in [1.29, 1.82) is 0 Å². The first-order chi connectivity index (χ1) is 12.9. The number of nitrogens with one attached hydrogen (secondary N) is 1. The summed E-state index contributed by atoms with van der Waals surface area (Å²) < 4.78 is 31.5. The normalized spacial score (nSPS) is 17.0. The molecular weight excluding hydrogens is 376 g/mol. The third kappa shape index (κ3) is 4.27. The van der Waals surface area contributed by atoms with E-state index in [1.54, 1.807) is 0 Å². The van der Waals surface area contributed by atoms with E-state index in [0.717, 1.165) is 24.8 Å². The average molecular weight is 394 g/mol. The molecule has 1 N–H and O–H groups in total. The molecule has 0 saturated heterocycles. The lowest BCUT2D eigenvalue weighted by Crippen LogP contribution is -2.39. The maximum Gasteiger partial charge on any atom is 0.340 e. The highest BCUT2D eigenvalue weighted by molar-refractivity contribution is 6.33. The molecule has 0 bridgehead atoms. The molecule has 1 aliphatic rings. The predicted molar refractivity (Wildman–Crippen MR) is 96.5 cm³/mol. The van der Waals surface area contributed by atoms with Crippen LogP contribution >= 0.6 is 11.6 Å². The predicted octanol–water partition coefficient (Wildman–Crippen LogP) is 4.36. The van der Waals surface area contributed by atoms with Crippen LogP contribution in [0.5, 0.6) is 0 Å². The smallest absolute Gasteiger partial charge is 0.340 e. The van der Waals surface area contributed by atoms with Gasteiger partial charge in [-0.2, -0.15) is 0 Å². The lowest BCUT2D eigenvalue weighted by Gasteiger charge is -2.27. The summed E-state index contributed by atoms with van der Waals surface area (Å²) in [7, 11) is 0. The van der Waals surface area contributed by atoms with Gasteiger partial charge < -0.3 is 10.1 Å². The Morgan fingerprint density at radius 3 is 2.70 bits per heavy atom. The van der Waals surface area contributed by atoms with Gasteiger partial charge in [0, 0.05) is 0 Å². The Bertz CT molecular complexity index is 888. The van der Waals surface area contributed by atoms with Gasteiger partial charge in [-0.3, -0.25) is 4.79 Å². The maximum absolute atomic E-state index is 13.3. The van der Waals surface area contributed by atoms with Crippen LogP contribution in [0, 0.1) is 11.6 Å². The van der Waals surface area contributed by atoms with Gasteiger partial charge in [-0.05, 0) is 49.4 Å². The van der Waals surface area contributed by atoms with Crippen molar-refractivity contribution in [1.82, 2.24) is 5.32 Å². The van der Waals surface area contributed by atoms with Crippen LogP contribution in [-0.4, -0.2) is 18.0 Å². The fourth-order valence-electron chi connectivity index (χ4n) is 3.15. The number of hydrogen-bond donors (Lipinski definition) is 1. The molecule has 0 saturated carbocycles. The zero-order valence-electron chi connectivity index (χ0n) is 14.6. The van der Waals surface area contributed by atoms with Crippen LogP contribution in [0.3, 0.4) is 0 Å². The third-order valence-corrected chi connectivity index (χ3v) is 4.88.